The van der Waals surface area contributed by atoms with Crippen LogP contribution in [0.4, 0.5) is 0 Å². The summed E-state index contributed by atoms with van der Waals surface area (Å²) in [5, 5.41) is 7.50. The second kappa shape index (κ2) is 5.88. The van der Waals surface area contributed by atoms with Crippen molar-refractivity contribution in [2.75, 3.05) is 20.2 Å². The van der Waals surface area contributed by atoms with Gasteiger partial charge in [-0.05, 0) is 32.9 Å². The number of hydrogen-bond donors (Lipinski definition) is 1. The number of aromatic nitrogens is 2. The first-order valence-electron chi connectivity index (χ1n) is 5.37. The van der Waals surface area contributed by atoms with E-state index in [-0.39, 0.29) is 5.60 Å². The lowest BCUT2D eigenvalue weighted by atomic mass is 10.1. The molecule has 0 atom stereocenters. The summed E-state index contributed by atoms with van der Waals surface area (Å²) in [6, 6.07) is 1.94. The summed E-state index contributed by atoms with van der Waals surface area (Å²) in [5.41, 5.74) is -0.0291. The lowest BCUT2D eigenvalue weighted by Crippen LogP contribution is -2.30. The molecule has 0 radical (unpaired) electrons. The van der Waals surface area contributed by atoms with Gasteiger partial charge in [-0.25, -0.2) is 0 Å². The van der Waals surface area contributed by atoms with Crippen LogP contribution in [0.25, 0.3) is 0 Å². The quantitative estimate of drug-likeness (QED) is 0.691. The number of hydrogen-bond acceptors (Lipinski definition) is 3. The van der Waals surface area contributed by atoms with Crippen molar-refractivity contribution >= 4 is 0 Å². The summed E-state index contributed by atoms with van der Waals surface area (Å²) in [6.45, 7) is 7.04. The fraction of sp³-hybridized carbons (Fsp3) is 0.727. The molecule has 0 aromatic carbocycles. The van der Waals surface area contributed by atoms with Crippen molar-refractivity contribution in [3.63, 3.8) is 0 Å². The Balaban J connectivity index is 2.03. The van der Waals surface area contributed by atoms with Crippen LogP contribution in [0.2, 0.25) is 0 Å². The predicted octanol–water partition coefficient (Wildman–Crippen LogP) is 1.29. The molecule has 0 saturated heterocycles. The molecule has 1 N–H and O–H groups in total. The third kappa shape index (κ3) is 4.95. The first-order valence-corrected chi connectivity index (χ1v) is 5.37. The van der Waals surface area contributed by atoms with Gasteiger partial charge >= 0.3 is 0 Å². The predicted molar refractivity (Wildman–Crippen MR) is 60.8 cm³/mol. The van der Waals surface area contributed by atoms with E-state index >= 15 is 0 Å². The monoisotopic (exact) mass is 211 g/mol. The Morgan fingerprint density at radius 1 is 1.40 bits per heavy atom. The molecule has 0 aliphatic carbocycles. The van der Waals surface area contributed by atoms with Crippen LogP contribution in [-0.2, 0) is 11.3 Å². The summed E-state index contributed by atoms with van der Waals surface area (Å²) >= 11 is 0. The van der Waals surface area contributed by atoms with Crippen molar-refractivity contribution in [3.8, 4) is 0 Å². The van der Waals surface area contributed by atoms with Crippen LogP contribution in [0.5, 0.6) is 0 Å². The second-order valence-corrected chi connectivity index (χ2v) is 4.23. The van der Waals surface area contributed by atoms with Gasteiger partial charge in [0.2, 0.25) is 0 Å². The zero-order valence-corrected chi connectivity index (χ0v) is 9.86. The largest absolute Gasteiger partial charge is 0.379 e. The molecule has 1 rings (SSSR count). The van der Waals surface area contributed by atoms with Crippen molar-refractivity contribution < 1.29 is 4.74 Å². The van der Waals surface area contributed by atoms with Gasteiger partial charge in [-0.15, -0.1) is 0 Å². The normalized spacial score (nSPS) is 11.9. The first kappa shape index (κ1) is 12.2. The zero-order valence-electron chi connectivity index (χ0n) is 9.86. The molecule has 0 amide bonds. The van der Waals surface area contributed by atoms with E-state index in [4.69, 9.17) is 4.74 Å². The molecule has 0 fully saturated rings. The van der Waals surface area contributed by atoms with E-state index in [0.29, 0.717) is 0 Å². The number of rotatable bonds is 7. The maximum atomic E-state index is 5.33. The minimum absolute atomic E-state index is 0.0291. The van der Waals surface area contributed by atoms with E-state index < -0.39 is 0 Å². The zero-order chi connectivity index (χ0) is 11.1. The first-order chi connectivity index (χ1) is 7.14. The maximum Gasteiger partial charge on any atom is 0.0634 e. The van der Waals surface area contributed by atoms with Gasteiger partial charge in [0.25, 0.3) is 0 Å². The molecular formula is C11H21N3O. The van der Waals surface area contributed by atoms with Gasteiger partial charge in [0.05, 0.1) is 12.1 Å². The van der Waals surface area contributed by atoms with Crippen molar-refractivity contribution in [3.05, 3.63) is 18.5 Å². The Kier molecular flexibility index (Phi) is 4.78. The summed E-state index contributed by atoms with van der Waals surface area (Å²) in [5.74, 6) is 0. The number of nitrogens with zero attached hydrogens (tertiary/aromatic N) is 2. The Hall–Kier alpha value is -0.870. The summed E-state index contributed by atoms with van der Waals surface area (Å²) in [4.78, 5) is 0. The smallest absolute Gasteiger partial charge is 0.0634 e. The summed E-state index contributed by atoms with van der Waals surface area (Å²) < 4.78 is 7.26. The van der Waals surface area contributed by atoms with Crippen LogP contribution in [0, 0.1) is 0 Å². The number of ether oxygens (including phenoxy) is 1. The van der Waals surface area contributed by atoms with Crippen molar-refractivity contribution in [2.45, 2.75) is 32.4 Å². The molecule has 1 aromatic rings. The molecule has 86 valence electrons. The minimum Gasteiger partial charge on any atom is -0.379 e. The van der Waals surface area contributed by atoms with Gasteiger partial charge < -0.3 is 10.1 Å². The topological polar surface area (TPSA) is 39.1 Å². The molecule has 1 aromatic heterocycles. The highest BCUT2D eigenvalue weighted by Crippen LogP contribution is 2.10. The molecule has 4 heteroatoms. The average Bonchev–Trinajstić information content (AvgIpc) is 2.70. The van der Waals surface area contributed by atoms with Gasteiger partial charge in [0, 0.05) is 26.0 Å². The minimum atomic E-state index is -0.0291. The van der Waals surface area contributed by atoms with Gasteiger partial charge in [-0.3, -0.25) is 4.68 Å². The SMILES string of the molecule is COC(C)(C)CCNCCn1cccn1. The lowest BCUT2D eigenvalue weighted by Gasteiger charge is -2.22. The van der Waals surface area contributed by atoms with Crippen LogP contribution < -0.4 is 5.32 Å². The fourth-order valence-corrected chi connectivity index (χ4v) is 1.24. The molecule has 0 spiro atoms. The Morgan fingerprint density at radius 3 is 2.80 bits per heavy atom. The third-order valence-corrected chi connectivity index (χ3v) is 2.53. The van der Waals surface area contributed by atoms with E-state index in [2.05, 4.69) is 24.3 Å². The lowest BCUT2D eigenvalue weighted by molar-refractivity contribution is 0.0159. The van der Waals surface area contributed by atoms with Crippen LogP contribution >= 0.6 is 0 Å². The Morgan fingerprint density at radius 2 is 2.20 bits per heavy atom. The maximum absolute atomic E-state index is 5.33. The van der Waals surface area contributed by atoms with Gasteiger partial charge in [-0.1, -0.05) is 0 Å². The van der Waals surface area contributed by atoms with Gasteiger partial charge in [-0.2, -0.15) is 5.10 Å². The molecule has 0 aliphatic rings. The summed E-state index contributed by atoms with van der Waals surface area (Å²) in [6.07, 6.45) is 4.79. The van der Waals surface area contributed by atoms with Crippen LogP contribution in [0.15, 0.2) is 18.5 Å². The van der Waals surface area contributed by atoms with E-state index in [1.165, 1.54) is 0 Å². The molecule has 15 heavy (non-hydrogen) atoms. The molecule has 0 unspecified atom stereocenters. The van der Waals surface area contributed by atoms with Gasteiger partial charge in [0.15, 0.2) is 0 Å². The fourth-order valence-electron chi connectivity index (χ4n) is 1.24. The van der Waals surface area contributed by atoms with Gasteiger partial charge in [0.1, 0.15) is 0 Å². The average molecular weight is 211 g/mol. The number of methoxy groups -OCH3 is 1. The van der Waals surface area contributed by atoms with Crippen LogP contribution in [-0.4, -0.2) is 35.6 Å². The third-order valence-electron chi connectivity index (χ3n) is 2.53. The molecule has 0 bridgehead atoms. The Bertz CT molecular complexity index is 257. The summed E-state index contributed by atoms with van der Waals surface area (Å²) in [7, 11) is 1.75. The van der Waals surface area contributed by atoms with Crippen molar-refractivity contribution in [1.29, 1.82) is 0 Å². The van der Waals surface area contributed by atoms with E-state index in [1.54, 1.807) is 13.3 Å². The number of nitrogens with one attached hydrogen (secondary N) is 1. The molecule has 1 heterocycles. The van der Waals surface area contributed by atoms with Crippen molar-refractivity contribution in [1.82, 2.24) is 15.1 Å². The Labute approximate surface area is 91.6 Å². The molecule has 0 aliphatic heterocycles. The second-order valence-electron chi connectivity index (χ2n) is 4.23. The molecular weight excluding hydrogens is 190 g/mol. The van der Waals surface area contributed by atoms with Crippen molar-refractivity contribution in [2.24, 2.45) is 0 Å². The standard InChI is InChI=1S/C11H21N3O/c1-11(2,15-3)5-7-12-8-10-14-9-4-6-13-14/h4,6,9,12H,5,7-8,10H2,1-3H3. The highest BCUT2D eigenvalue weighted by atomic mass is 16.5. The van der Waals surface area contributed by atoms with E-state index in [1.807, 2.05) is 16.9 Å². The molecule has 0 saturated carbocycles. The van der Waals surface area contributed by atoms with E-state index in [9.17, 15) is 0 Å². The highest BCUT2D eigenvalue weighted by Gasteiger charge is 2.14. The van der Waals surface area contributed by atoms with Crippen LogP contribution in [0.1, 0.15) is 20.3 Å². The van der Waals surface area contributed by atoms with E-state index in [0.717, 1.165) is 26.1 Å². The van der Waals surface area contributed by atoms with Crippen LogP contribution in [0.3, 0.4) is 0 Å². The highest BCUT2D eigenvalue weighted by molar-refractivity contribution is 4.77. The molecule has 4 nitrogen and oxygen atoms in total.